The standard InChI is InChI=1S/C5H8O/c1-3-4-5(2)6/h3-4,6H,2H2,1H3/b4-3+. The molecule has 1 N–H and O–H groups in total. The van der Waals surface area contributed by atoms with Gasteiger partial charge in [-0.1, -0.05) is 12.7 Å². The van der Waals surface area contributed by atoms with E-state index in [0.717, 1.165) is 0 Å². The summed E-state index contributed by atoms with van der Waals surface area (Å²) >= 11 is 0. The summed E-state index contributed by atoms with van der Waals surface area (Å²) in [5, 5.41) is 8.27. The molecule has 0 fully saturated rings. The Kier molecular flexibility index (Phi) is 2.21. The van der Waals surface area contributed by atoms with E-state index in [4.69, 9.17) is 5.11 Å². The van der Waals surface area contributed by atoms with Gasteiger partial charge in [-0.25, -0.2) is 0 Å². The van der Waals surface area contributed by atoms with Gasteiger partial charge in [0.25, 0.3) is 0 Å². The predicted octanol–water partition coefficient (Wildman–Crippen LogP) is 1.63. The third kappa shape index (κ3) is 3.28. The third-order valence-electron chi connectivity index (χ3n) is 0.359. The van der Waals surface area contributed by atoms with Crippen LogP contribution in [0.25, 0.3) is 0 Å². The Hall–Kier alpha value is -0.720. The van der Waals surface area contributed by atoms with Crippen LogP contribution in [-0.4, -0.2) is 5.11 Å². The molecule has 0 atom stereocenters. The van der Waals surface area contributed by atoms with E-state index in [-0.39, 0.29) is 5.76 Å². The molecule has 0 bridgehead atoms. The van der Waals surface area contributed by atoms with E-state index in [1.807, 2.05) is 6.92 Å². The molecule has 0 amide bonds. The largest absolute Gasteiger partial charge is 0.509 e. The van der Waals surface area contributed by atoms with Crippen LogP contribution >= 0.6 is 0 Å². The molecule has 0 aromatic rings. The van der Waals surface area contributed by atoms with Gasteiger partial charge in [-0.15, -0.1) is 0 Å². The Labute approximate surface area is 37.6 Å². The highest BCUT2D eigenvalue weighted by Crippen LogP contribution is 1.80. The third-order valence-corrected chi connectivity index (χ3v) is 0.359. The van der Waals surface area contributed by atoms with Crippen molar-refractivity contribution in [3.05, 3.63) is 24.5 Å². The molecule has 34 valence electrons. The van der Waals surface area contributed by atoms with E-state index in [2.05, 4.69) is 6.58 Å². The molecule has 1 heteroatoms. The van der Waals surface area contributed by atoms with Gasteiger partial charge in [0.1, 0.15) is 5.76 Å². The minimum atomic E-state index is 0.109. The molecule has 0 saturated heterocycles. The fraction of sp³-hybridized carbons (Fsp3) is 0.200. The first-order valence-electron chi connectivity index (χ1n) is 1.78. The lowest BCUT2D eigenvalue weighted by atomic mass is 10.5. The van der Waals surface area contributed by atoms with Crippen molar-refractivity contribution in [3.63, 3.8) is 0 Å². The first-order chi connectivity index (χ1) is 2.77. The zero-order valence-corrected chi connectivity index (χ0v) is 3.81. The normalized spacial score (nSPS) is 9.50. The van der Waals surface area contributed by atoms with E-state index in [0.29, 0.717) is 0 Å². The van der Waals surface area contributed by atoms with Gasteiger partial charge in [0.05, 0.1) is 0 Å². The molecule has 0 unspecified atom stereocenters. The lowest BCUT2D eigenvalue weighted by Gasteiger charge is -1.76. The summed E-state index contributed by atoms with van der Waals surface area (Å²) in [6, 6.07) is 0. The Morgan fingerprint density at radius 1 is 1.83 bits per heavy atom. The second-order valence-corrected chi connectivity index (χ2v) is 0.991. The Morgan fingerprint density at radius 2 is 2.33 bits per heavy atom. The van der Waals surface area contributed by atoms with Gasteiger partial charge in [0.15, 0.2) is 0 Å². The smallest absolute Gasteiger partial charge is 0.108 e. The highest BCUT2D eigenvalue weighted by Gasteiger charge is 1.66. The van der Waals surface area contributed by atoms with Crippen molar-refractivity contribution < 1.29 is 5.11 Å². The highest BCUT2D eigenvalue weighted by molar-refractivity contribution is 5.03. The van der Waals surface area contributed by atoms with Crippen molar-refractivity contribution in [1.29, 1.82) is 0 Å². The molecule has 6 heavy (non-hydrogen) atoms. The van der Waals surface area contributed by atoms with Gasteiger partial charge < -0.3 is 5.11 Å². The van der Waals surface area contributed by atoms with Crippen LogP contribution in [0.3, 0.4) is 0 Å². The lowest BCUT2D eigenvalue weighted by Crippen LogP contribution is -1.62. The molecule has 0 aliphatic rings. The zero-order chi connectivity index (χ0) is 4.99. The van der Waals surface area contributed by atoms with Crippen LogP contribution in [-0.2, 0) is 0 Å². The molecule has 1 nitrogen and oxygen atoms in total. The van der Waals surface area contributed by atoms with E-state index in [1.165, 1.54) is 6.08 Å². The number of allylic oxidation sites excluding steroid dienone is 2. The van der Waals surface area contributed by atoms with Crippen LogP contribution in [0.15, 0.2) is 24.5 Å². The van der Waals surface area contributed by atoms with Crippen LogP contribution in [0.1, 0.15) is 6.92 Å². The van der Waals surface area contributed by atoms with E-state index in [1.54, 1.807) is 6.08 Å². The van der Waals surface area contributed by atoms with E-state index in [9.17, 15) is 0 Å². The van der Waals surface area contributed by atoms with Crippen LogP contribution in [0.4, 0.5) is 0 Å². The second-order valence-electron chi connectivity index (χ2n) is 0.991. The summed E-state index contributed by atoms with van der Waals surface area (Å²) in [5.74, 6) is 0.109. The van der Waals surface area contributed by atoms with Crippen molar-refractivity contribution >= 4 is 0 Å². The SMILES string of the molecule is C=C(O)/C=C/C. The minimum Gasteiger partial charge on any atom is -0.509 e. The van der Waals surface area contributed by atoms with Crippen molar-refractivity contribution in [2.45, 2.75) is 6.92 Å². The van der Waals surface area contributed by atoms with Gasteiger partial charge in [-0.2, -0.15) is 0 Å². The minimum absolute atomic E-state index is 0.109. The summed E-state index contributed by atoms with van der Waals surface area (Å²) < 4.78 is 0. The first kappa shape index (κ1) is 5.28. The maximum absolute atomic E-state index is 8.27. The summed E-state index contributed by atoms with van der Waals surface area (Å²) in [5.41, 5.74) is 0. The molecular formula is C5H8O. The number of hydrogen-bond acceptors (Lipinski definition) is 1. The van der Waals surface area contributed by atoms with Crippen molar-refractivity contribution in [1.82, 2.24) is 0 Å². The number of aliphatic hydroxyl groups is 1. The van der Waals surface area contributed by atoms with Crippen molar-refractivity contribution in [3.8, 4) is 0 Å². The molecule has 0 aromatic heterocycles. The van der Waals surface area contributed by atoms with Gasteiger partial charge >= 0.3 is 0 Å². The van der Waals surface area contributed by atoms with Crippen LogP contribution in [0.5, 0.6) is 0 Å². The Bertz CT molecular complexity index is 72.0. The number of rotatable bonds is 1. The summed E-state index contributed by atoms with van der Waals surface area (Å²) in [4.78, 5) is 0. The number of aliphatic hydroxyl groups excluding tert-OH is 1. The highest BCUT2D eigenvalue weighted by atomic mass is 16.3. The fourth-order valence-corrected chi connectivity index (χ4v) is 0.192. The van der Waals surface area contributed by atoms with Crippen LogP contribution < -0.4 is 0 Å². The summed E-state index contributed by atoms with van der Waals surface area (Å²) in [6.07, 6.45) is 3.25. The summed E-state index contributed by atoms with van der Waals surface area (Å²) in [7, 11) is 0. The van der Waals surface area contributed by atoms with Crippen molar-refractivity contribution in [2.75, 3.05) is 0 Å². The maximum atomic E-state index is 8.27. The van der Waals surface area contributed by atoms with Crippen LogP contribution in [0.2, 0.25) is 0 Å². The number of hydrogen-bond donors (Lipinski definition) is 1. The molecule has 0 aromatic carbocycles. The van der Waals surface area contributed by atoms with Gasteiger partial charge in [0, 0.05) is 0 Å². The predicted molar refractivity (Wildman–Crippen MR) is 26.6 cm³/mol. The zero-order valence-electron chi connectivity index (χ0n) is 3.81. The van der Waals surface area contributed by atoms with E-state index >= 15 is 0 Å². The van der Waals surface area contributed by atoms with Gasteiger partial charge in [-0.3, -0.25) is 0 Å². The second kappa shape index (κ2) is 2.51. The molecular weight excluding hydrogens is 76.1 g/mol. The van der Waals surface area contributed by atoms with Gasteiger partial charge in [0.2, 0.25) is 0 Å². The molecule has 0 rings (SSSR count). The Morgan fingerprint density at radius 3 is 2.33 bits per heavy atom. The average molecular weight is 84.1 g/mol. The monoisotopic (exact) mass is 84.1 g/mol. The molecule has 0 radical (unpaired) electrons. The summed E-state index contributed by atoms with van der Waals surface area (Å²) in [6.45, 7) is 5.03. The van der Waals surface area contributed by atoms with Crippen molar-refractivity contribution in [2.24, 2.45) is 0 Å². The molecule has 0 aliphatic carbocycles. The maximum Gasteiger partial charge on any atom is 0.108 e. The molecule has 0 saturated carbocycles. The first-order valence-corrected chi connectivity index (χ1v) is 1.78. The average Bonchev–Trinajstić information content (AvgIpc) is 1.35. The van der Waals surface area contributed by atoms with E-state index < -0.39 is 0 Å². The Balaban J connectivity index is 3.30. The molecule has 0 aliphatic heterocycles. The van der Waals surface area contributed by atoms with Gasteiger partial charge in [-0.05, 0) is 13.0 Å². The molecule has 0 spiro atoms. The van der Waals surface area contributed by atoms with Crippen LogP contribution in [0, 0.1) is 0 Å². The topological polar surface area (TPSA) is 20.2 Å². The molecule has 0 heterocycles. The fourth-order valence-electron chi connectivity index (χ4n) is 0.192. The lowest BCUT2D eigenvalue weighted by molar-refractivity contribution is 0.435. The quantitative estimate of drug-likeness (QED) is 0.378.